The maximum absolute atomic E-state index is 12.2. The number of thioether (sulfide) groups is 1. The molecule has 1 aliphatic rings. The lowest BCUT2D eigenvalue weighted by molar-refractivity contribution is -0.115. The number of hydrogen-bond donors (Lipinski definition) is 1. The lowest BCUT2D eigenvalue weighted by Gasteiger charge is -2.04. The number of aliphatic imine (C=N–C) groups is 1. The molecular formula is C20H19ClN2O2S. The van der Waals surface area contributed by atoms with Gasteiger partial charge in [0.15, 0.2) is 5.17 Å². The summed E-state index contributed by atoms with van der Waals surface area (Å²) in [6, 6.07) is 13.2. The third-order valence-electron chi connectivity index (χ3n) is 3.68. The van der Waals surface area contributed by atoms with E-state index in [1.165, 1.54) is 11.8 Å². The van der Waals surface area contributed by atoms with Crippen LogP contribution in [0.5, 0.6) is 5.75 Å². The predicted molar refractivity (Wildman–Crippen MR) is 109 cm³/mol. The molecule has 2 aromatic rings. The monoisotopic (exact) mass is 386 g/mol. The van der Waals surface area contributed by atoms with Crippen molar-refractivity contribution in [3.05, 3.63) is 63.5 Å². The Hall–Kier alpha value is -2.24. The standard InChI is InChI=1S/C20H19ClN2O2S/c1-3-10-25-16-7-4-14(5-8-16)12-18-19(24)23-20(26-18)22-17-9-6-15(21)11-13(17)2/h4-9,11-12H,3,10H2,1-2H3,(H,22,23,24)/b18-12-. The van der Waals surface area contributed by atoms with Gasteiger partial charge >= 0.3 is 0 Å². The summed E-state index contributed by atoms with van der Waals surface area (Å²) in [6.07, 6.45) is 2.82. The molecule has 4 nitrogen and oxygen atoms in total. The number of rotatable bonds is 5. The lowest BCUT2D eigenvalue weighted by atomic mass is 10.2. The van der Waals surface area contributed by atoms with E-state index in [9.17, 15) is 4.79 Å². The van der Waals surface area contributed by atoms with Crippen LogP contribution in [-0.2, 0) is 4.79 Å². The number of carbonyl (C=O) groups is 1. The van der Waals surface area contributed by atoms with Crippen LogP contribution >= 0.6 is 23.4 Å². The van der Waals surface area contributed by atoms with Crippen LogP contribution in [0, 0.1) is 6.92 Å². The quantitative estimate of drug-likeness (QED) is 0.706. The Kier molecular flexibility index (Phi) is 6.01. The number of hydrogen-bond acceptors (Lipinski definition) is 4. The maximum Gasteiger partial charge on any atom is 0.264 e. The summed E-state index contributed by atoms with van der Waals surface area (Å²) >= 11 is 7.29. The second-order valence-electron chi connectivity index (χ2n) is 5.83. The third-order valence-corrected chi connectivity index (χ3v) is 4.83. The van der Waals surface area contributed by atoms with Crippen LogP contribution in [0.25, 0.3) is 6.08 Å². The van der Waals surface area contributed by atoms with Crippen molar-refractivity contribution in [2.45, 2.75) is 20.3 Å². The molecular weight excluding hydrogens is 368 g/mol. The summed E-state index contributed by atoms with van der Waals surface area (Å²) in [7, 11) is 0. The van der Waals surface area contributed by atoms with Crippen LogP contribution < -0.4 is 10.1 Å². The highest BCUT2D eigenvalue weighted by molar-refractivity contribution is 8.18. The van der Waals surface area contributed by atoms with Crippen LogP contribution in [-0.4, -0.2) is 17.7 Å². The minimum atomic E-state index is -0.147. The zero-order valence-electron chi connectivity index (χ0n) is 14.6. The molecule has 1 N–H and O–H groups in total. The smallest absolute Gasteiger partial charge is 0.264 e. The topological polar surface area (TPSA) is 50.7 Å². The average molecular weight is 387 g/mol. The van der Waals surface area contributed by atoms with Gasteiger partial charge in [-0.3, -0.25) is 4.79 Å². The highest BCUT2D eigenvalue weighted by Gasteiger charge is 2.23. The van der Waals surface area contributed by atoms with E-state index >= 15 is 0 Å². The highest BCUT2D eigenvalue weighted by Crippen LogP contribution is 2.30. The second-order valence-corrected chi connectivity index (χ2v) is 7.30. The Balaban J connectivity index is 1.74. The molecule has 1 saturated heterocycles. The van der Waals surface area contributed by atoms with Crippen LogP contribution in [0.2, 0.25) is 5.02 Å². The molecule has 1 fully saturated rings. The molecule has 0 spiro atoms. The summed E-state index contributed by atoms with van der Waals surface area (Å²) in [5.41, 5.74) is 2.69. The first-order chi connectivity index (χ1) is 12.5. The molecule has 6 heteroatoms. The second kappa shape index (κ2) is 8.43. The van der Waals surface area contributed by atoms with Gasteiger partial charge in [0.05, 0.1) is 17.2 Å². The zero-order chi connectivity index (χ0) is 18.5. The van der Waals surface area contributed by atoms with Gasteiger partial charge in [0.2, 0.25) is 0 Å². The number of aryl methyl sites for hydroxylation is 1. The summed E-state index contributed by atoms with van der Waals surface area (Å²) in [5, 5.41) is 4.03. The van der Waals surface area contributed by atoms with E-state index in [2.05, 4.69) is 17.2 Å². The predicted octanol–water partition coefficient (Wildman–Crippen LogP) is 5.33. The lowest BCUT2D eigenvalue weighted by Crippen LogP contribution is -2.19. The molecule has 3 rings (SSSR count). The van der Waals surface area contributed by atoms with Gasteiger partial charge in [-0.05, 0) is 72.6 Å². The van der Waals surface area contributed by atoms with Gasteiger partial charge in [-0.2, -0.15) is 0 Å². The molecule has 1 aliphatic heterocycles. The Labute approximate surface area is 162 Å². The van der Waals surface area contributed by atoms with E-state index in [-0.39, 0.29) is 5.91 Å². The molecule has 134 valence electrons. The van der Waals surface area contributed by atoms with Crippen molar-refractivity contribution in [3.63, 3.8) is 0 Å². The number of amidine groups is 1. The number of nitrogens with one attached hydrogen (secondary N) is 1. The molecule has 0 unspecified atom stereocenters. The van der Waals surface area contributed by atoms with Gasteiger partial charge in [-0.1, -0.05) is 30.7 Å². The summed E-state index contributed by atoms with van der Waals surface area (Å²) < 4.78 is 5.57. The number of amides is 1. The van der Waals surface area contributed by atoms with Crippen LogP contribution in [0.1, 0.15) is 24.5 Å². The largest absolute Gasteiger partial charge is 0.494 e. The van der Waals surface area contributed by atoms with Crippen molar-refractivity contribution in [2.24, 2.45) is 4.99 Å². The number of nitrogens with zero attached hydrogens (tertiary/aromatic N) is 1. The van der Waals surface area contributed by atoms with Crippen LogP contribution in [0.3, 0.4) is 0 Å². The first-order valence-electron chi connectivity index (χ1n) is 8.34. The van der Waals surface area contributed by atoms with Crippen LogP contribution in [0.4, 0.5) is 5.69 Å². The van der Waals surface area contributed by atoms with Crippen LogP contribution in [0.15, 0.2) is 52.4 Å². The van der Waals surface area contributed by atoms with Gasteiger partial charge in [-0.15, -0.1) is 0 Å². The fourth-order valence-corrected chi connectivity index (χ4v) is 3.43. The number of ether oxygens (including phenoxy) is 1. The maximum atomic E-state index is 12.2. The molecule has 0 radical (unpaired) electrons. The molecule has 0 aromatic heterocycles. The molecule has 1 heterocycles. The van der Waals surface area contributed by atoms with Crippen molar-refractivity contribution < 1.29 is 9.53 Å². The van der Waals surface area contributed by atoms with E-state index < -0.39 is 0 Å². The first-order valence-corrected chi connectivity index (χ1v) is 9.53. The number of carbonyl (C=O) groups excluding carboxylic acids is 1. The summed E-state index contributed by atoms with van der Waals surface area (Å²) in [5.74, 6) is 0.685. The van der Waals surface area contributed by atoms with Crippen molar-refractivity contribution in [1.82, 2.24) is 5.32 Å². The third kappa shape index (κ3) is 4.68. The average Bonchev–Trinajstić information content (AvgIpc) is 2.96. The fraction of sp³-hybridized carbons (Fsp3) is 0.200. The van der Waals surface area contributed by atoms with Crippen molar-refractivity contribution >= 4 is 46.2 Å². The Morgan fingerprint density at radius 3 is 2.69 bits per heavy atom. The minimum absolute atomic E-state index is 0.147. The first kappa shape index (κ1) is 18.5. The summed E-state index contributed by atoms with van der Waals surface area (Å²) in [4.78, 5) is 17.3. The Bertz CT molecular complexity index is 876. The van der Waals surface area contributed by atoms with Gasteiger partial charge in [0.1, 0.15) is 5.75 Å². The van der Waals surface area contributed by atoms with Gasteiger partial charge in [0.25, 0.3) is 5.91 Å². The molecule has 2 aromatic carbocycles. The van der Waals surface area contributed by atoms with Crippen molar-refractivity contribution in [2.75, 3.05) is 6.61 Å². The van der Waals surface area contributed by atoms with E-state index in [0.29, 0.717) is 21.7 Å². The van der Waals surface area contributed by atoms with E-state index in [1.807, 2.05) is 49.4 Å². The summed E-state index contributed by atoms with van der Waals surface area (Å²) in [6.45, 7) is 4.70. The number of benzene rings is 2. The molecule has 0 saturated carbocycles. The van der Waals surface area contributed by atoms with Gasteiger partial charge in [0, 0.05) is 5.02 Å². The zero-order valence-corrected chi connectivity index (χ0v) is 16.2. The van der Waals surface area contributed by atoms with E-state index in [1.54, 1.807) is 6.07 Å². The Morgan fingerprint density at radius 1 is 1.23 bits per heavy atom. The molecule has 0 bridgehead atoms. The van der Waals surface area contributed by atoms with E-state index in [0.717, 1.165) is 29.0 Å². The molecule has 1 amide bonds. The van der Waals surface area contributed by atoms with Gasteiger partial charge < -0.3 is 10.1 Å². The fourth-order valence-electron chi connectivity index (χ4n) is 2.37. The normalized spacial score (nSPS) is 17.0. The molecule has 0 aliphatic carbocycles. The SMILES string of the molecule is CCCOc1ccc(/C=C2\SC(=Nc3ccc(Cl)cc3C)NC2=O)cc1. The van der Waals surface area contributed by atoms with Crippen molar-refractivity contribution in [3.8, 4) is 5.75 Å². The molecule has 26 heavy (non-hydrogen) atoms. The van der Waals surface area contributed by atoms with Crippen molar-refractivity contribution in [1.29, 1.82) is 0 Å². The minimum Gasteiger partial charge on any atom is -0.494 e. The number of halogens is 1. The van der Waals surface area contributed by atoms with E-state index in [4.69, 9.17) is 16.3 Å². The highest BCUT2D eigenvalue weighted by atomic mass is 35.5. The molecule has 0 atom stereocenters. The Morgan fingerprint density at radius 2 is 2.00 bits per heavy atom. The van der Waals surface area contributed by atoms with Gasteiger partial charge in [-0.25, -0.2) is 4.99 Å².